The molecule has 0 saturated heterocycles. The number of sulfonamides is 1. The van der Waals surface area contributed by atoms with Crippen LogP contribution in [0, 0.1) is 0 Å². The molecular formula is C8H12ClN3O5S. The van der Waals surface area contributed by atoms with E-state index >= 15 is 0 Å². The van der Waals surface area contributed by atoms with E-state index in [-0.39, 0.29) is 10.0 Å². The first-order valence-electron chi connectivity index (χ1n) is 4.77. The molecule has 0 bridgehead atoms. The lowest BCUT2D eigenvalue weighted by atomic mass is 10.2. The lowest BCUT2D eigenvalue weighted by Gasteiger charge is -2.17. The summed E-state index contributed by atoms with van der Waals surface area (Å²) in [5.74, 6) is -1.49. The van der Waals surface area contributed by atoms with Crippen LogP contribution >= 0.6 is 11.6 Å². The molecule has 2 atom stereocenters. The summed E-state index contributed by atoms with van der Waals surface area (Å²) in [5.41, 5.74) is 0. The van der Waals surface area contributed by atoms with Gasteiger partial charge in [0, 0.05) is 7.05 Å². The number of carboxylic acid groups (broad SMARTS) is 1. The SMILES string of the molecule is C[C@@H](O)[C@H](NS(=O)(=O)c1c(Cl)cnn1C)C(=O)O. The van der Waals surface area contributed by atoms with Crippen LogP contribution in [0.15, 0.2) is 11.2 Å². The van der Waals surface area contributed by atoms with E-state index in [1.54, 1.807) is 0 Å². The van der Waals surface area contributed by atoms with E-state index in [0.717, 1.165) is 17.8 Å². The van der Waals surface area contributed by atoms with Crippen molar-refractivity contribution >= 4 is 27.6 Å². The number of aliphatic hydroxyl groups is 1. The highest BCUT2D eigenvalue weighted by molar-refractivity contribution is 7.89. The van der Waals surface area contributed by atoms with Gasteiger partial charge in [0.1, 0.15) is 6.04 Å². The fraction of sp³-hybridized carbons (Fsp3) is 0.500. The summed E-state index contributed by atoms with van der Waals surface area (Å²) < 4.78 is 26.7. The molecule has 1 heterocycles. The van der Waals surface area contributed by atoms with Gasteiger partial charge in [-0.05, 0) is 6.92 Å². The Balaban J connectivity index is 3.13. The number of hydrogen-bond donors (Lipinski definition) is 3. The van der Waals surface area contributed by atoms with Crippen molar-refractivity contribution in [3.8, 4) is 0 Å². The highest BCUT2D eigenvalue weighted by atomic mass is 35.5. The van der Waals surface area contributed by atoms with Gasteiger partial charge in [0.05, 0.1) is 17.3 Å². The molecule has 1 aromatic heterocycles. The Bertz CT molecular complexity index is 534. The molecule has 0 unspecified atom stereocenters. The number of hydrogen-bond acceptors (Lipinski definition) is 5. The van der Waals surface area contributed by atoms with Gasteiger partial charge >= 0.3 is 5.97 Å². The molecule has 0 aromatic carbocycles. The highest BCUT2D eigenvalue weighted by Gasteiger charge is 2.32. The second-order valence-corrected chi connectivity index (χ2v) is 5.64. The number of nitrogens with zero attached hydrogens (tertiary/aromatic N) is 2. The number of carbonyl (C=O) groups is 1. The van der Waals surface area contributed by atoms with Crippen molar-refractivity contribution in [3.05, 3.63) is 11.2 Å². The first kappa shape index (κ1) is 14.9. The van der Waals surface area contributed by atoms with Gasteiger partial charge in [-0.15, -0.1) is 0 Å². The summed E-state index contributed by atoms with van der Waals surface area (Å²) in [7, 11) is -2.84. The van der Waals surface area contributed by atoms with Crippen LogP contribution in [-0.2, 0) is 21.9 Å². The number of halogens is 1. The molecule has 0 amide bonds. The number of aliphatic hydroxyl groups excluding tert-OH is 1. The smallest absolute Gasteiger partial charge is 0.324 e. The molecule has 0 aliphatic rings. The van der Waals surface area contributed by atoms with Gasteiger partial charge in [-0.3, -0.25) is 9.48 Å². The molecule has 10 heteroatoms. The van der Waals surface area contributed by atoms with E-state index in [1.165, 1.54) is 7.05 Å². The van der Waals surface area contributed by atoms with E-state index in [2.05, 4.69) is 5.10 Å². The molecule has 0 fully saturated rings. The molecule has 0 spiro atoms. The number of rotatable bonds is 5. The van der Waals surface area contributed by atoms with Crippen molar-refractivity contribution in [1.82, 2.24) is 14.5 Å². The first-order chi connectivity index (χ1) is 8.16. The largest absolute Gasteiger partial charge is 0.480 e. The van der Waals surface area contributed by atoms with E-state index in [9.17, 15) is 18.3 Å². The van der Waals surface area contributed by atoms with Crippen LogP contribution in [0.2, 0.25) is 5.02 Å². The number of aliphatic carboxylic acids is 1. The topological polar surface area (TPSA) is 122 Å². The Morgan fingerprint density at radius 3 is 2.50 bits per heavy atom. The summed E-state index contributed by atoms with van der Waals surface area (Å²) >= 11 is 5.66. The summed E-state index contributed by atoms with van der Waals surface area (Å²) in [6.45, 7) is 1.16. The number of aromatic nitrogens is 2. The summed E-state index contributed by atoms with van der Waals surface area (Å²) in [6, 6.07) is -1.67. The fourth-order valence-electron chi connectivity index (χ4n) is 1.28. The van der Waals surface area contributed by atoms with Crippen molar-refractivity contribution < 1.29 is 23.4 Å². The zero-order valence-electron chi connectivity index (χ0n) is 9.53. The van der Waals surface area contributed by atoms with Crippen LogP contribution in [0.1, 0.15) is 6.92 Å². The minimum atomic E-state index is -4.19. The third-order valence-corrected chi connectivity index (χ3v) is 4.07. The van der Waals surface area contributed by atoms with Crippen LogP contribution < -0.4 is 4.72 Å². The van der Waals surface area contributed by atoms with Crippen LogP contribution in [0.5, 0.6) is 0 Å². The van der Waals surface area contributed by atoms with Gasteiger partial charge in [0.15, 0.2) is 5.03 Å². The zero-order valence-corrected chi connectivity index (χ0v) is 11.1. The Hall–Kier alpha value is -1.16. The maximum atomic E-state index is 11.9. The van der Waals surface area contributed by atoms with Gasteiger partial charge in [-0.1, -0.05) is 11.6 Å². The standard InChI is InChI=1S/C8H12ClN3O5S/c1-4(13)6(8(14)15)11-18(16,17)7-5(9)3-10-12(7)2/h3-4,6,11,13H,1-2H3,(H,14,15)/t4-,6+/m1/s1. The van der Waals surface area contributed by atoms with Gasteiger partial charge in [-0.2, -0.15) is 9.82 Å². The number of carboxylic acids is 1. The third-order valence-electron chi connectivity index (χ3n) is 2.13. The van der Waals surface area contributed by atoms with E-state index in [4.69, 9.17) is 16.7 Å². The van der Waals surface area contributed by atoms with Crippen LogP contribution in [0.3, 0.4) is 0 Å². The predicted molar refractivity (Wildman–Crippen MR) is 61.6 cm³/mol. The maximum Gasteiger partial charge on any atom is 0.324 e. The minimum Gasteiger partial charge on any atom is -0.480 e. The van der Waals surface area contributed by atoms with Gasteiger partial charge in [0.25, 0.3) is 10.0 Å². The molecule has 102 valence electrons. The minimum absolute atomic E-state index is 0.139. The molecule has 1 aromatic rings. The van der Waals surface area contributed by atoms with Gasteiger partial charge < -0.3 is 10.2 Å². The highest BCUT2D eigenvalue weighted by Crippen LogP contribution is 2.20. The monoisotopic (exact) mass is 297 g/mol. The number of aryl methyl sites for hydroxylation is 1. The van der Waals surface area contributed by atoms with Crippen LogP contribution in [-0.4, -0.2) is 46.5 Å². The van der Waals surface area contributed by atoms with Crippen molar-refractivity contribution in [2.45, 2.75) is 24.1 Å². The second-order valence-electron chi connectivity index (χ2n) is 3.60. The molecule has 18 heavy (non-hydrogen) atoms. The zero-order chi connectivity index (χ0) is 14.1. The lowest BCUT2D eigenvalue weighted by molar-refractivity contribution is -0.141. The lowest BCUT2D eigenvalue weighted by Crippen LogP contribution is -2.47. The molecule has 0 saturated carbocycles. The predicted octanol–water partition coefficient (Wildman–Crippen LogP) is -0.814. The second kappa shape index (κ2) is 5.22. The van der Waals surface area contributed by atoms with Crippen molar-refractivity contribution in [2.24, 2.45) is 7.05 Å². The van der Waals surface area contributed by atoms with E-state index in [1.807, 2.05) is 4.72 Å². The Labute approximate surface area is 108 Å². The molecular weight excluding hydrogens is 286 g/mol. The molecule has 8 nitrogen and oxygen atoms in total. The maximum absolute atomic E-state index is 11.9. The Morgan fingerprint density at radius 1 is 1.61 bits per heavy atom. The van der Waals surface area contributed by atoms with Crippen molar-refractivity contribution in [1.29, 1.82) is 0 Å². The summed E-state index contributed by atoms with van der Waals surface area (Å²) in [5, 5.41) is 21.2. The third kappa shape index (κ3) is 2.99. The normalized spacial score (nSPS) is 15.3. The van der Waals surface area contributed by atoms with Gasteiger partial charge in [0.2, 0.25) is 0 Å². The molecule has 0 aliphatic heterocycles. The van der Waals surface area contributed by atoms with Crippen molar-refractivity contribution in [2.75, 3.05) is 0 Å². The number of nitrogens with one attached hydrogen (secondary N) is 1. The van der Waals surface area contributed by atoms with Crippen molar-refractivity contribution in [3.63, 3.8) is 0 Å². The summed E-state index contributed by atoms with van der Waals surface area (Å²) in [6.07, 6.45) is -0.280. The molecule has 3 N–H and O–H groups in total. The summed E-state index contributed by atoms with van der Waals surface area (Å²) in [4.78, 5) is 10.8. The molecule has 0 radical (unpaired) electrons. The fourth-order valence-corrected chi connectivity index (χ4v) is 3.20. The van der Waals surface area contributed by atoms with E-state index in [0.29, 0.717) is 0 Å². The Morgan fingerprint density at radius 2 is 2.17 bits per heavy atom. The molecule has 0 aliphatic carbocycles. The average Bonchev–Trinajstić information content (AvgIpc) is 2.54. The quantitative estimate of drug-likeness (QED) is 0.653. The van der Waals surface area contributed by atoms with E-state index < -0.39 is 28.1 Å². The van der Waals surface area contributed by atoms with Gasteiger partial charge in [-0.25, -0.2) is 8.42 Å². The molecule has 1 rings (SSSR count). The van der Waals surface area contributed by atoms with Crippen LogP contribution in [0.4, 0.5) is 0 Å². The van der Waals surface area contributed by atoms with Crippen LogP contribution in [0.25, 0.3) is 0 Å². The first-order valence-corrected chi connectivity index (χ1v) is 6.63. The average molecular weight is 298 g/mol. The Kier molecular flexibility index (Phi) is 4.32.